The zero-order chi connectivity index (χ0) is 19.7. The van der Waals surface area contributed by atoms with Crippen molar-refractivity contribution in [2.24, 2.45) is 5.92 Å². The lowest BCUT2D eigenvalue weighted by Crippen LogP contribution is -2.67. The summed E-state index contributed by atoms with van der Waals surface area (Å²) in [5.74, 6) is -2.38. The molecule has 2 unspecified atom stereocenters. The largest absolute Gasteiger partial charge is 0.457 e. The molecule has 0 aromatic heterocycles. The van der Waals surface area contributed by atoms with Crippen molar-refractivity contribution in [2.45, 2.75) is 79.9 Å². The van der Waals surface area contributed by atoms with Gasteiger partial charge in [-0.3, -0.25) is 4.79 Å². The van der Waals surface area contributed by atoms with Gasteiger partial charge in [0.1, 0.15) is 3.42 Å². The maximum absolute atomic E-state index is 13.2. The molecule has 148 valence electrons. The summed E-state index contributed by atoms with van der Waals surface area (Å²) in [6.45, 7) is 3.10. The average molecular weight is 490 g/mol. The lowest BCUT2D eigenvalue weighted by molar-refractivity contribution is -0.396. The minimum atomic E-state index is -6.02. The van der Waals surface area contributed by atoms with Crippen molar-refractivity contribution in [3.05, 3.63) is 0 Å². The number of esters is 1. The highest BCUT2D eigenvalue weighted by molar-refractivity contribution is 14.1. The van der Waals surface area contributed by atoms with Crippen molar-refractivity contribution in [1.29, 1.82) is 0 Å². The second kappa shape index (κ2) is 7.77. The number of carbonyl (C=O) groups excluding carboxylic acids is 1. The molecule has 0 aliphatic heterocycles. The van der Waals surface area contributed by atoms with Crippen LogP contribution >= 0.6 is 22.6 Å². The Kier molecular flexibility index (Phi) is 7.08. The highest BCUT2D eigenvalue weighted by Crippen LogP contribution is 2.50. The topological polar surface area (TPSA) is 46.5 Å². The monoisotopic (exact) mass is 490 g/mol. The first-order valence-electron chi connectivity index (χ1n) is 7.94. The van der Waals surface area contributed by atoms with Crippen LogP contribution < -0.4 is 0 Å². The Morgan fingerprint density at radius 3 is 1.96 bits per heavy atom. The number of ether oxygens (including phenoxy) is 1. The van der Waals surface area contributed by atoms with Crippen LogP contribution in [0.25, 0.3) is 0 Å². The highest BCUT2D eigenvalue weighted by atomic mass is 127. The average Bonchev–Trinajstić information content (AvgIpc) is 2.94. The first kappa shape index (κ1) is 22.8. The third-order valence-corrected chi connectivity index (χ3v) is 5.46. The van der Waals surface area contributed by atoms with E-state index in [0.717, 1.165) is 0 Å². The van der Waals surface area contributed by atoms with Crippen molar-refractivity contribution in [2.75, 3.05) is 0 Å². The van der Waals surface area contributed by atoms with Crippen LogP contribution in [-0.2, 0) is 9.53 Å². The molecule has 1 fully saturated rings. The Bertz CT molecular complexity index is 455. The van der Waals surface area contributed by atoms with Crippen molar-refractivity contribution in [3.63, 3.8) is 0 Å². The summed E-state index contributed by atoms with van der Waals surface area (Å²) in [7, 11) is 0. The molecule has 10 heteroatoms. The fourth-order valence-electron chi connectivity index (χ4n) is 3.08. The second-order valence-corrected chi connectivity index (χ2v) is 8.96. The Morgan fingerprint density at radius 2 is 1.60 bits per heavy atom. The van der Waals surface area contributed by atoms with Gasteiger partial charge in [-0.15, -0.1) is 0 Å². The zero-order valence-corrected chi connectivity index (χ0v) is 16.0. The molecular weight excluding hydrogens is 469 g/mol. The van der Waals surface area contributed by atoms with E-state index >= 15 is 0 Å². The van der Waals surface area contributed by atoms with Crippen LogP contribution in [0.5, 0.6) is 0 Å². The maximum atomic E-state index is 13.2. The van der Waals surface area contributed by atoms with Gasteiger partial charge in [-0.25, -0.2) is 0 Å². The van der Waals surface area contributed by atoms with Gasteiger partial charge in [0.15, 0.2) is 6.10 Å². The van der Waals surface area contributed by atoms with Crippen LogP contribution in [-0.4, -0.2) is 38.6 Å². The van der Waals surface area contributed by atoms with Crippen LogP contribution in [0, 0.1) is 5.92 Å². The first-order valence-corrected chi connectivity index (χ1v) is 9.02. The molecule has 0 heterocycles. The summed E-state index contributed by atoms with van der Waals surface area (Å²) >= 11 is 1.65. The van der Waals surface area contributed by atoms with E-state index in [2.05, 4.69) is 0 Å². The molecule has 0 spiro atoms. The van der Waals surface area contributed by atoms with E-state index in [4.69, 9.17) is 4.74 Å². The zero-order valence-electron chi connectivity index (χ0n) is 13.8. The van der Waals surface area contributed by atoms with Crippen LogP contribution in [0.4, 0.5) is 26.3 Å². The lowest BCUT2D eigenvalue weighted by Gasteiger charge is -2.41. The fraction of sp³-hybridized carbons (Fsp3) is 0.933. The molecule has 0 aromatic carbocycles. The lowest BCUT2D eigenvalue weighted by atomic mass is 9.84. The molecule has 1 saturated carbocycles. The number of rotatable bonds is 6. The van der Waals surface area contributed by atoms with E-state index in [1.54, 1.807) is 29.5 Å². The van der Waals surface area contributed by atoms with Crippen molar-refractivity contribution >= 4 is 28.6 Å². The SMILES string of the molecule is CCCC(C)(I)C(=O)OC(C1CCCC1)C(O)(C(F)(F)F)C(F)(F)F. The Morgan fingerprint density at radius 1 is 1.16 bits per heavy atom. The number of hydrogen-bond acceptors (Lipinski definition) is 3. The van der Waals surface area contributed by atoms with Gasteiger partial charge < -0.3 is 9.84 Å². The van der Waals surface area contributed by atoms with Gasteiger partial charge in [0.25, 0.3) is 5.60 Å². The molecule has 0 amide bonds. The van der Waals surface area contributed by atoms with Gasteiger partial charge in [0, 0.05) is 0 Å². The summed E-state index contributed by atoms with van der Waals surface area (Å²) in [6.07, 6.45) is -13.2. The predicted octanol–water partition coefficient (Wildman–Crippen LogP) is 4.94. The minimum Gasteiger partial charge on any atom is -0.457 e. The van der Waals surface area contributed by atoms with Gasteiger partial charge in [0.2, 0.25) is 0 Å². The van der Waals surface area contributed by atoms with E-state index < -0.39 is 39.4 Å². The van der Waals surface area contributed by atoms with Gasteiger partial charge >= 0.3 is 18.3 Å². The van der Waals surface area contributed by atoms with Crippen LogP contribution in [0.3, 0.4) is 0 Å². The smallest absolute Gasteiger partial charge is 0.430 e. The second-order valence-electron chi connectivity index (χ2n) is 6.58. The quantitative estimate of drug-likeness (QED) is 0.249. The fourth-order valence-corrected chi connectivity index (χ4v) is 3.74. The van der Waals surface area contributed by atoms with E-state index in [1.165, 1.54) is 6.92 Å². The Hall–Kier alpha value is -0.260. The first-order chi connectivity index (χ1) is 11.2. The Balaban J connectivity index is 3.30. The summed E-state index contributed by atoms with van der Waals surface area (Å²) < 4.78 is 82.9. The highest BCUT2D eigenvalue weighted by Gasteiger charge is 2.76. The molecule has 0 radical (unpaired) electrons. The summed E-state index contributed by atoms with van der Waals surface area (Å²) in [5.41, 5.74) is -5.09. The summed E-state index contributed by atoms with van der Waals surface area (Å²) in [5, 5.41) is 9.72. The number of aliphatic hydroxyl groups is 1. The van der Waals surface area contributed by atoms with Crippen molar-refractivity contribution < 1.29 is 41.0 Å². The molecule has 25 heavy (non-hydrogen) atoms. The van der Waals surface area contributed by atoms with Gasteiger partial charge in [-0.2, -0.15) is 26.3 Å². The van der Waals surface area contributed by atoms with E-state index in [0.29, 0.717) is 19.3 Å². The number of carbonyl (C=O) groups is 1. The van der Waals surface area contributed by atoms with Crippen LogP contribution in [0.15, 0.2) is 0 Å². The predicted molar refractivity (Wildman–Crippen MR) is 86.2 cm³/mol. The molecule has 1 aliphatic rings. The molecule has 0 bridgehead atoms. The normalized spacial score (nSPS) is 21.0. The number of alkyl halides is 7. The Labute approximate surface area is 155 Å². The maximum Gasteiger partial charge on any atom is 0.430 e. The molecule has 1 aliphatic carbocycles. The van der Waals surface area contributed by atoms with E-state index in [1.807, 2.05) is 0 Å². The van der Waals surface area contributed by atoms with Crippen LogP contribution in [0.2, 0.25) is 0 Å². The van der Waals surface area contributed by atoms with Gasteiger partial charge in [-0.05, 0) is 32.1 Å². The minimum absolute atomic E-state index is 0.0259. The third kappa shape index (κ3) is 4.72. The molecule has 0 aromatic rings. The molecule has 1 rings (SSSR count). The number of hydrogen-bond donors (Lipinski definition) is 1. The molecule has 1 N–H and O–H groups in total. The van der Waals surface area contributed by atoms with Gasteiger partial charge in [-0.1, -0.05) is 48.8 Å². The van der Waals surface area contributed by atoms with E-state index in [-0.39, 0.29) is 19.3 Å². The van der Waals surface area contributed by atoms with Crippen molar-refractivity contribution in [3.8, 4) is 0 Å². The number of halogens is 7. The molecular formula is C15H21F6IO3. The van der Waals surface area contributed by atoms with E-state index in [9.17, 15) is 36.2 Å². The summed E-state index contributed by atoms with van der Waals surface area (Å²) in [4.78, 5) is 12.2. The van der Waals surface area contributed by atoms with Crippen molar-refractivity contribution in [1.82, 2.24) is 0 Å². The standard InChI is InChI=1S/C15H21F6IO3/c1-3-8-12(2,22)11(23)25-10(9-6-4-5-7-9)13(24,14(16,17)18)15(19,20)21/h9-10,24H,3-8H2,1-2H3. The third-order valence-electron chi connectivity index (χ3n) is 4.48. The van der Waals surface area contributed by atoms with Gasteiger partial charge in [0.05, 0.1) is 0 Å². The molecule has 2 atom stereocenters. The molecule has 0 saturated heterocycles. The molecule has 3 nitrogen and oxygen atoms in total. The van der Waals surface area contributed by atoms with Crippen LogP contribution in [0.1, 0.15) is 52.4 Å². The summed E-state index contributed by atoms with van der Waals surface area (Å²) in [6, 6.07) is 0.